The number of nitrogens with zero attached hydrogens (tertiary/aromatic N) is 5. The third-order valence-corrected chi connectivity index (χ3v) is 5.82. The van der Waals surface area contributed by atoms with Gasteiger partial charge in [0.05, 0.1) is 5.69 Å². The number of aromatic nitrogens is 2. The number of hydrogen-bond donors (Lipinski definition) is 2. The summed E-state index contributed by atoms with van der Waals surface area (Å²) in [6, 6.07) is 9.97. The second kappa shape index (κ2) is 10.6. The van der Waals surface area contributed by atoms with Crippen LogP contribution in [-0.2, 0) is 0 Å². The van der Waals surface area contributed by atoms with Gasteiger partial charge in [-0.15, -0.1) is 0 Å². The lowest BCUT2D eigenvalue weighted by Crippen LogP contribution is -2.47. The van der Waals surface area contributed by atoms with Gasteiger partial charge in [-0.3, -0.25) is 0 Å². The molecule has 2 aromatic heterocycles. The van der Waals surface area contributed by atoms with E-state index in [0.717, 1.165) is 60.1 Å². The summed E-state index contributed by atoms with van der Waals surface area (Å²) in [5, 5.41) is 8.36. The number of ether oxygens (including phenoxy) is 1. The monoisotopic (exact) mass is 463 g/mol. The van der Waals surface area contributed by atoms with Crippen molar-refractivity contribution in [2.75, 3.05) is 45.3 Å². The largest absolute Gasteiger partial charge is 0.471 e. The number of anilines is 1. The lowest BCUT2D eigenvalue weighted by Gasteiger charge is -2.33. The number of amidine groups is 1. The third kappa shape index (κ3) is 5.85. The molecule has 0 bridgehead atoms. The number of rotatable bonds is 8. The number of aromatic amines is 1. The van der Waals surface area contributed by atoms with Crippen molar-refractivity contribution in [1.29, 1.82) is 0 Å². The molecule has 180 valence electrons. The van der Waals surface area contributed by atoms with Crippen LogP contribution in [0.25, 0.3) is 10.9 Å². The minimum atomic E-state index is 0.192. The predicted octanol–water partition coefficient (Wildman–Crippen LogP) is 4.22. The first-order valence-electron chi connectivity index (χ1n) is 11.5. The fraction of sp³-hybridized carbons (Fsp3) is 0.400. The van der Waals surface area contributed by atoms with Gasteiger partial charge in [0, 0.05) is 54.9 Å². The summed E-state index contributed by atoms with van der Waals surface area (Å²) in [6.45, 7) is 13.7. The fourth-order valence-electron chi connectivity index (χ4n) is 3.78. The number of piperazine rings is 1. The summed E-state index contributed by atoms with van der Waals surface area (Å²) in [6.07, 6.45) is 1.87. The maximum atomic E-state index is 5.97. The van der Waals surface area contributed by atoms with Gasteiger partial charge in [-0.2, -0.15) is 0 Å². The van der Waals surface area contributed by atoms with E-state index >= 15 is 0 Å². The van der Waals surface area contributed by atoms with E-state index in [4.69, 9.17) is 14.3 Å². The molecule has 0 radical (unpaired) electrons. The molecule has 1 aromatic carbocycles. The Morgan fingerprint density at radius 2 is 2.06 bits per heavy atom. The molecule has 0 spiro atoms. The second-order valence-corrected chi connectivity index (χ2v) is 8.86. The van der Waals surface area contributed by atoms with Crippen molar-refractivity contribution in [1.82, 2.24) is 19.9 Å². The minimum Gasteiger partial charge on any atom is -0.471 e. The van der Waals surface area contributed by atoms with Crippen LogP contribution in [0.2, 0.25) is 0 Å². The molecule has 4 rings (SSSR count). The van der Waals surface area contributed by atoms with Crippen molar-refractivity contribution in [2.24, 2.45) is 9.98 Å². The van der Waals surface area contributed by atoms with E-state index in [1.807, 2.05) is 37.3 Å². The number of H-pyrrole nitrogens is 1. The van der Waals surface area contributed by atoms with Gasteiger partial charge < -0.3 is 29.4 Å². The van der Waals surface area contributed by atoms with Gasteiger partial charge in [-0.1, -0.05) is 19.0 Å². The lowest BCUT2D eigenvalue weighted by molar-refractivity contribution is 0.214. The molecule has 9 heteroatoms. The molecule has 1 aliphatic rings. The molecule has 0 amide bonds. The third-order valence-electron chi connectivity index (χ3n) is 5.82. The van der Waals surface area contributed by atoms with Crippen LogP contribution >= 0.6 is 0 Å². The smallest absolute Gasteiger partial charge is 0.230 e. The van der Waals surface area contributed by atoms with Gasteiger partial charge in [0.1, 0.15) is 17.4 Å². The highest BCUT2D eigenvalue weighted by molar-refractivity contribution is 5.94. The van der Waals surface area contributed by atoms with E-state index in [1.54, 1.807) is 0 Å². The lowest BCUT2D eigenvalue weighted by atomic mass is 10.1. The zero-order valence-electron chi connectivity index (χ0n) is 20.3. The second-order valence-electron chi connectivity index (χ2n) is 8.86. The van der Waals surface area contributed by atoms with E-state index in [2.05, 4.69) is 63.9 Å². The van der Waals surface area contributed by atoms with Crippen LogP contribution < -0.4 is 10.1 Å². The molecule has 1 aliphatic heterocycles. The van der Waals surface area contributed by atoms with Gasteiger partial charge in [0.2, 0.25) is 5.88 Å². The Morgan fingerprint density at radius 1 is 1.26 bits per heavy atom. The Balaban J connectivity index is 1.51. The van der Waals surface area contributed by atoms with Crippen molar-refractivity contribution in [3.05, 3.63) is 53.6 Å². The molecule has 0 unspecified atom stereocenters. The fourth-order valence-corrected chi connectivity index (χ4v) is 3.78. The van der Waals surface area contributed by atoms with Crippen molar-refractivity contribution >= 4 is 29.3 Å². The Bertz CT molecular complexity index is 1180. The SMILES string of the molecule is C=N/C(=C\C(=N/COc1ccc2[nH]c(C)cc2c1)N1CCN(C)CC1)Nc1cc(C(C)C)no1. The van der Waals surface area contributed by atoms with Gasteiger partial charge in [0.25, 0.3) is 0 Å². The van der Waals surface area contributed by atoms with Crippen molar-refractivity contribution in [3.8, 4) is 5.75 Å². The number of hydrogen-bond acceptors (Lipinski definition) is 7. The first-order valence-corrected chi connectivity index (χ1v) is 11.5. The summed E-state index contributed by atoms with van der Waals surface area (Å²) in [4.78, 5) is 16.8. The van der Waals surface area contributed by atoms with Crippen molar-refractivity contribution in [2.45, 2.75) is 26.7 Å². The van der Waals surface area contributed by atoms with Crippen LogP contribution in [0.4, 0.5) is 5.88 Å². The van der Waals surface area contributed by atoms with E-state index in [0.29, 0.717) is 11.7 Å². The zero-order chi connectivity index (χ0) is 24.1. The highest BCUT2D eigenvalue weighted by Gasteiger charge is 2.17. The molecule has 2 N–H and O–H groups in total. The minimum absolute atomic E-state index is 0.192. The number of aryl methyl sites for hydroxylation is 1. The number of nitrogens with one attached hydrogen (secondary N) is 2. The van der Waals surface area contributed by atoms with Crippen LogP contribution in [0.3, 0.4) is 0 Å². The molecule has 1 fully saturated rings. The average Bonchev–Trinajstić information content (AvgIpc) is 3.43. The highest BCUT2D eigenvalue weighted by atomic mass is 16.5. The summed E-state index contributed by atoms with van der Waals surface area (Å²) in [5.74, 6) is 2.89. The molecular formula is C25H33N7O2. The summed E-state index contributed by atoms with van der Waals surface area (Å²) in [5.41, 5.74) is 3.09. The Labute approximate surface area is 200 Å². The number of benzene rings is 1. The molecule has 1 saturated heterocycles. The topological polar surface area (TPSA) is 94.3 Å². The zero-order valence-corrected chi connectivity index (χ0v) is 20.3. The molecule has 34 heavy (non-hydrogen) atoms. The summed E-state index contributed by atoms with van der Waals surface area (Å²) >= 11 is 0. The van der Waals surface area contributed by atoms with E-state index in [9.17, 15) is 0 Å². The van der Waals surface area contributed by atoms with Crippen LogP contribution in [0.1, 0.15) is 31.2 Å². The van der Waals surface area contributed by atoms with Crippen LogP contribution in [0, 0.1) is 6.92 Å². The van der Waals surface area contributed by atoms with Gasteiger partial charge in [-0.05, 0) is 50.9 Å². The molecule has 0 saturated carbocycles. The number of likely N-dealkylation sites (N-methyl/N-ethyl adjacent to an activating group) is 1. The van der Waals surface area contributed by atoms with Crippen LogP contribution in [0.15, 0.2) is 56.7 Å². The molecule has 3 heterocycles. The molecule has 3 aromatic rings. The Morgan fingerprint density at radius 3 is 2.76 bits per heavy atom. The molecule has 9 nitrogen and oxygen atoms in total. The van der Waals surface area contributed by atoms with Gasteiger partial charge >= 0.3 is 0 Å². The summed E-state index contributed by atoms with van der Waals surface area (Å²) < 4.78 is 11.4. The van der Waals surface area contributed by atoms with Crippen molar-refractivity contribution < 1.29 is 9.26 Å². The quantitative estimate of drug-likeness (QED) is 0.384. The first kappa shape index (κ1) is 23.6. The van der Waals surface area contributed by atoms with E-state index < -0.39 is 0 Å². The van der Waals surface area contributed by atoms with Crippen LogP contribution in [-0.4, -0.2) is 72.5 Å². The normalized spacial score (nSPS) is 15.9. The van der Waals surface area contributed by atoms with Gasteiger partial charge in [0.15, 0.2) is 6.73 Å². The van der Waals surface area contributed by atoms with Crippen molar-refractivity contribution in [3.63, 3.8) is 0 Å². The molecule has 0 aliphatic carbocycles. The first-order chi connectivity index (χ1) is 16.4. The van der Waals surface area contributed by atoms with Crippen LogP contribution in [0.5, 0.6) is 5.75 Å². The highest BCUT2D eigenvalue weighted by Crippen LogP contribution is 2.22. The predicted molar refractivity (Wildman–Crippen MR) is 137 cm³/mol. The maximum Gasteiger partial charge on any atom is 0.230 e. The molecular weight excluding hydrogens is 430 g/mol. The average molecular weight is 464 g/mol. The standard InChI is InChI=1S/C25H33N7O2/c1-17(2)22-14-25(34-30-22)29-23(26-4)15-24(32-10-8-31(5)9-11-32)27-16-33-20-6-7-21-19(13-20)12-18(3)28-21/h6-7,12-15,17,28-29H,4,8-11,16H2,1-3,5H3/b23-15+,27-24+. The van der Waals surface area contributed by atoms with E-state index in [1.165, 1.54) is 0 Å². The maximum absolute atomic E-state index is 5.97. The Kier molecular flexibility index (Phi) is 7.32. The van der Waals surface area contributed by atoms with E-state index in [-0.39, 0.29) is 12.6 Å². The number of aliphatic imine (C=N–C) groups is 2. The van der Waals surface area contributed by atoms with Gasteiger partial charge in [-0.25, -0.2) is 9.98 Å². The molecule has 0 atom stereocenters. The number of fused-ring (bicyclic) bond motifs is 1. The summed E-state index contributed by atoms with van der Waals surface area (Å²) in [7, 11) is 2.13. The Hall–Kier alpha value is -3.59.